The summed E-state index contributed by atoms with van der Waals surface area (Å²) in [5.41, 5.74) is 1.27. The maximum Gasteiger partial charge on any atom is 0.325 e. The van der Waals surface area contributed by atoms with Crippen LogP contribution in [0.4, 0.5) is 5.69 Å². The first-order valence-corrected chi connectivity index (χ1v) is 8.89. The van der Waals surface area contributed by atoms with Crippen LogP contribution in [0.25, 0.3) is 0 Å². The van der Waals surface area contributed by atoms with Gasteiger partial charge in [0, 0.05) is 28.3 Å². The average Bonchev–Trinajstić information content (AvgIpc) is 2.71. The molecule has 8 heteroatoms. The Kier molecular flexibility index (Phi) is 7.71. The third kappa shape index (κ3) is 6.51. The number of hydrogen-bond acceptors (Lipinski definition) is 5. The number of Topliss-reactive ketones (excluding diaryl/α,β-unsaturated/α-hetero) is 1. The van der Waals surface area contributed by atoms with E-state index in [2.05, 4.69) is 10.6 Å². The summed E-state index contributed by atoms with van der Waals surface area (Å²) in [6.07, 6.45) is 0.352. The van der Waals surface area contributed by atoms with Crippen molar-refractivity contribution in [2.45, 2.75) is 13.3 Å². The molecule has 0 radical (unpaired) electrons. The minimum atomic E-state index is -0.734. The van der Waals surface area contributed by atoms with E-state index in [0.717, 1.165) is 0 Å². The molecule has 2 N–H and O–H groups in total. The Balaban J connectivity index is 1.77. The Labute approximate surface area is 167 Å². The summed E-state index contributed by atoms with van der Waals surface area (Å²) in [7, 11) is 0. The Morgan fingerprint density at radius 2 is 1.54 bits per heavy atom. The van der Waals surface area contributed by atoms with E-state index >= 15 is 0 Å². The van der Waals surface area contributed by atoms with Gasteiger partial charge in [-0.15, -0.1) is 0 Å². The molecular weight excluding hydrogens is 384 g/mol. The summed E-state index contributed by atoms with van der Waals surface area (Å²) in [6, 6.07) is 12.4. The number of amides is 2. The summed E-state index contributed by atoms with van der Waals surface area (Å²) >= 11 is 5.75. The van der Waals surface area contributed by atoms with E-state index in [9.17, 15) is 19.2 Å². The molecule has 2 aromatic carbocycles. The lowest BCUT2D eigenvalue weighted by Crippen LogP contribution is -2.31. The molecule has 0 saturated carbocycles. The number of hydrogen-bond donors (Lipinski definition) is 2. The molecule has 0 bridgehead atoms. The van der Waals surface area contributed by atoms with Gasteiger partial charge in [0.05, 0.1) is 0 Å². The van der Waals surface area contributed by atoms with Crippen LogP contribution in [0.5, 0.6) is 0 Å². The van der Waals surface area contributed by atoms with Gasteiger partial charge in [-0.05, 0) is 48.5 Å². The summed E-state index contributed by atoms with van der Waals surface area (Å²) in [5, 5.41) is 5.57. The molecule has 0 aliphatic heterocycles. The van der Waals surface area contributed by atoms with Crippen molar-refractivity contribution >= 4 is 40.9 Å². The van der Waals surface area contributed by atoms with Crippen molar-refractivity contribution in [3.63, 3.8) is 0 Å². The molecule has 28 heavy (non-hydrogen) atoms. The van der Waals surface area contributed by atoms with Crippen molar-refractivity contribution in [3.8, 4) is 0 Å². The van der Waals surface area contributed by atoms with E-state index in [0.29, 0.717) is 28.3 Å². The normalized spacial score (nSPS) is 10.1. The highest BCUT2D eigenvalue weighted by atomic mass is 35.5. The summed E-state index contributed by atoms with van der Waals surface area (Å²) < 4.78 is 4.88. The van der Waals surface area contributed by atoms with Crippen molar-refractivity contribution in [1.82, 2.24) is 5.32 Å². The van der Waals surface area contributed by atoms with Crippen LogP contribution < -0.4 is 10.6 Å². The molecule has 0 aliphatic rings. The zero-order valence-electron chi connectivity index (χ0n) is 15.2. The first-order valence-electron chi connectivity index (χ1n) is 8.51. The Hall–Kier alpha value is -3.19. The lowest BCUT2D eigenvalue weighted by molar-refractivity contribution is -0.141. The van der Waals surface area contributed by atoms with Gasteiger partial charge in [-0.25, -0.2) is 0 Å². The van der Waals surface area contributed by atoms with Crippen molar-refractivity contribution < 1.29 is 23.9 Å². The number of rotatable bonds is 8. The molecule has 0 heterocycles. The predicted octanol–water partition coefficient (Wildman–Crippen LogP) is 2.84. The lowest BCUT2D eigenvalue weighted by Gasteiger charge is -2.07. The van der Waals surface area contributed by atoms with Gasteiger partial charge >= 0.3 is 5.97 Å². The predicted molar refractivity (Wildman–Crippen MR) is 104 cm³/mol. The maximum atomic E-state index is 12.1. The molecule has 0 spiro atoms. The van der Waals surface area contributed by atoms with Crippen LogP contribution in [0.15, 0.2) is 48.5 Å². The van der Waals surface area contributed by atoms with Gasteiger partial charge in [-0.1, -0.05) is 18.5 Å². The van der Waals surface area contributed by atoms with Crippen LogP contribution in [-0.4, -0.2) is 36.7 Å². The van der Waals surface area contributed by atoms with Gasteiger partial charge in [0.1, 0.15) is 6.54 Å². The standard InChI is InChI=1S/C20H19ClN2O5/c1-2-18(25)23-16-9-5-13(6-10-16)17(24)12-28-19(26)11-22-20(27)14-3-7-15(21)8-4-14/h3-10H,2,11-12H2,1H3,(H,22,27)(H,23,25). The number of halogens is 1. The van der Waals surface area contributed by atoms with E-state index in [1.54, 1.807) is 31.2 Å². The smallest absolute Gasteiger partial charge is 0.325 e. The van der Waals surface area contributed by atoms with Crippen LogP contribution >= 0.6 is 11.6 Å². The van der Waals surface area contributed by atoms with Crippen LogP contribution in [0.1, 0.15) is 34.1 Å². The number of carbonyl (C=O) groups excluding carboxylic acids is 4. The minimum absolute atomic E-state index is 0.131. The van der Waals surface area contributed by atoms with E-state index in [-0.39, 0.29) is 12.5 Å². The van der Waals surface area contributed by atoms with Gasteiger partial charge in [0.15, 0.2) is 12.4 Å². The SMILES string of the molecule is CCC(=O)Nc1ccc(C(=O)COC(=O)CNC(=O)c2ccc(Cl)cc2)cc1. The Morgan fingerprint density at radius 3 is 2.14 bits per heavy atom. The molecular formula is C20H19ClN2O5. The molecule has 0 atom stereocenters. The number of carbonyl (C=O) groups is 4. The molecule has 2 aromatic rings. The third-order valence-electron chi connectivity index (χ3n) is 3.68. The Bertz CT molecular complexity index is 863. The fraction of sp³-hybridized carbons (Fsp3) is 0.200. The second-order valence-corrected chi connectivity index (χ2v) is 6.19. The molecule has 0 aromatic heterocycles. The van der Waals surface area contributed by atoms with Gasteiger partial charge in [-0.2, -0.15) is 0 Å². The molecule has 0 unspecified atom stereocenters. The van der Waals surface area contributed by atoms with Gasteiger partial charge in [0.25, 0.3) is 5.91 Å². The lowest BCUT2D eigenvalue weighted by atomic mass is 10.1. The zero-order valence-corrected chi connectivity index (χ0v) is 15.9. The van der Waals surface area contributed by atoms with Crippen molar-refractivity contribution in [2.75, 3.05) is 18.5 Å². The van der Waals surface area contributed by atoms with Crippen LogP contribution in [-0.2, 0) is 14.3 Å². The molecule has 0 fully saturated rings. The highest BCUT2D eigenvalue weighted by Gasteiger charge is 2.12. The van der Waals surface area contributed by atoms with Crippen molar-refractivity contribution in [2.24, 2.45) is 0 Å². The second-order valence-electron chi connectivity index (χ2n) is 5.75. The number of ether oxygens (including phenoxy) is 1. The number of nitrogens with one attached hydrogen (secondary N) is 2. The summed E-state index contributed by atoms with van der Waals surface area (Å²) in [4.78, 5) is 47.0. The van der Waals surface area contributed by atoms with Crippen LogP contribution in [0, 0.1) is 0 Å². The molecule has 0 saturated heterocycles. The summed E-state index contributed by atoms with van der Waals surface area (Å²) in [5.74, 6) is -1.72. The highest BCUT2D eigenvalue weighted by Crippen LogP contribution is 2.11. The van der Waals surface area contributed by atoms with Crippen LogP contribution in [0.2, 0.25) is 5.02 Å². The van der Waals surface area contributed by atoms with E-state index < -0.39 is 24.3 Å². The van der Waals surface area contributed by atoms with Crippen molar-refractivity contribution in [3.05, 3.63) is 64.7 Å². The molecule has 7 nitrogen and oxygen atoms in total. The fourth-order valence-electron chi connectivity index (χ4n) is 2.13. The maximum absolute atomic E-state index is 12.1. The average molecular weight is 403 g/mol. The van der Waals surface area contributed by atoms with Gasteiger partial charge in [-0.3, -0.25) is 19.2 Å². The summed E-state index contributed by atoms with van der Waals surface area (Å²) in [6.45, 7) is 0.923. The third-order valence-corrected chi connectivity index (χ3v) is 3.93. The van der Waals surface area contributed by atoms with E-state index in [1.165, 1.54) is 24.3 Å². The topological polar surface area (TPSA) is 102 Å². The highest BCUT2D eigenvalue weighted by molar-refractivity contribution is 6.30. The van der Waals surface area contributed by atoms with Gasteiger partial charge < -0.3 is 15.4 Å². The van der Waals surface area contributed by atoms with Gasteiger partial charge in [0.2, 0.25) is 5.91 Å². The largest absolute Gasteiger partial charge is 0.456 e. The molecule has 0 aliphatic carbocycles. The Morgan fingerprint density at radius 1 is 0.929 bits per heavy atom. The van der Waals surface area contributed by atoms with E-state index in [4.69, 9.17) is 16.3 Å². The zero-order chi connectivity index (χ0) is 20.5. The molecule has 2 amide bonds. The van der Waals surface area contributed by atoms with Crippen molar-refractivity contribution in [1.29, 1.82) is 0 Å². The monoisotopic (exact) mass is 402 g/mol. The van der Waals surface area contributed by atoms with E-state index in [1.807, 2.05) is 0 Å². The quantitative estimate of drug-likeness (QED) is 0.522. The first kappa shape index (κ1) is 21.1. The first-order chi connectivity index (χ1) is 13.4. The number of ketones is 1. The molecule has 2 rings (SSSR count). The second kappa shape index (κ2) is 10.2. The van der Waals surface area contributed by atoms with Crippen LogP contribution in [0.3, 0.4) is 0 Å². The number of anilines is 1. The minimum Gasteiger partial charge on any atom is -0.456 e. The molecule has 146 valence electrons. The fourth-order valence-corrected chi connectivity index (χ4v) is 2.25. The number of esters is 1. The number of benzene rings is 2.